The van der Waals surface area contributed by atoms with Crippen molar-refractivity contribution in [3.05, 3.63) is 66.7 Å². The minimum absolute atomic E-state index is 0.0144. The van der Waals surface area contributed by atoms with Gasteiger partial charge in [-0.2, -0.15) is 10.1 Å². The first kappa shape index (κ1) is 24.2. The number of aliphatic carboxylic acids is 1. The molecule has 0 radical (unpaired) electrons. The maximum absolute atomic E-state index is 12.7. The number of carbonyl (C=O) groups excluding carboxylic acids is 3. The molecule has 1 heterocycles. The molecule has 0 aromatic heterocycles. The van der Waals surface area contributed by atoms with Gasteiger partial charge in [-0.15, -0.1) is 11.8 Å². The predicted octanol–water partition coefficient (Wildman–Crippen LogP) is 3.25. The normalized spacial score (nSPS) is 19.3. The molecular formula is C25H24N4O5S. The summed E-state index contributed by atoms with van der Waals surface area (Å²) >= 11 is 1.27. The Bertz CT molecular complexity index is 1200. The molecule has 1 aliphatic heterocycles. The van der Waals surface area contributed by atoms with Gasteiger partial charge in [-0.3, -0.25) is 19.2 Å². The number of hydrogen-bond donors (Lipinski definition) is 3. The fourth-order valence-corrected chi connectivity index (χ4v) is 4.65. The Hall–Kier alpha value is -3.92. The van der Waals surface area contributed by atoms with Gasteiger partial charge >= 0.3 is 5.97 Å². The predicted molar refractivity (Wildman–Crippen MR) is 133 cm³/mol. The van der Waals surface area contributed by atoms with E-state index >= 15 is 0 Å². The average Bonchev–Trinajstić information content (AvgIpc) is 3.23. The molecule has 3 amide bonds. The molecule has 2 aliphatic rings. The highest BCUT2D eigenvalue weighted by Gasteiger charge is 2.34. The lowest BCUT2D eigenvalue weighted by molar-refractivity contribution is -0.146. The van der Waals surface area contributed by atoms with Gasteiger partial charge in [0.05, 0.1) is 29.7 Å². The summed E-state index contributed by atoms with van der Waals surface area (Å²) in [5.41, 5.74) is 1.16. The Balaban J connectivity index is 1.31. The molecule has 180 valence electrons. The summed E-state index contributed by atoms with van der Waals surface area (Å²) < 4.78 is 0. The fraction of sp³-hybridized carbons (Fsp3) is 0.240. The van der Waals surface area contributed by atoms with E-state index in [1.807, 2.05) is 18.2 Å². The zero-order valence-corrected chi connectivity index (χ0v) is 19.5. The van der Waals surface area contributed by atoms with Crippen LogP contribution in [0.1, 0.15) is 19.3 Å². The Morgan fingerprint density at radius 1 is 1.00 bits per heavy atom. The standard InChI is InChI=1S/C25H24N4O5S/c30-22(27-21-14-23(31)29(28-21)17-8-2-1-3-9-17)15-35-18-10-6-7-16(13-18)26-24(32)19-11-4-5-12-20(19)25(33)34/h1-10,13,19-20H,11-12,14-15H2,(H,26,32)(H,33,34)(H,27,28,30). The monoisotopic (exact) mass is 492 g/mol. The van der Waals surface area contributed by atoms with Crippen LogP contribution in [0.2, 0.25) is 0 Å². The molecule has 4 rings (SSSR count). The molecule has 35 heavy (non-hydrogen) atoms. The van der Waals surface area contributed by atoms with Gasteiger partial charge in [0.25, 0.3) is 5.91 Å². The number of carboxylic acids is 1. The van der Waals surface area contributed by atoms with Crippen molar-refractivity contribution in [2.45, 2.75) is 24.2 Å². The summed E-state index contributed by atoms with van der Waals surface area (Å²) in [5, 5.41) is 20.3. The van der Waals surface area contributed by atoms with Crippen molar-refractivity contribution in [2.24, 2.45) is 16.9 Å². The summed E-state index contributed by atoms with van der Waals surface area (Å²) in [6, 6.07) is 16.0. The molecule has 9 nitrogen and oxygen atoms in total. The van der Waals surface area contributed by atoms with E-state index < -0.39 is 17.8 Å². The van der Waals surface area contributed by atoms with Crippen LogP contribution >= 0.6 is 11.8 Å². The van der Waals surface area contributed by atoms with Gasteiger partial charge in [0.1, 0.15) is 5.84 Å². The molecule has 0 spiro atoms. The largest absolute Gasteiger partial charge is 0.481 e. The van der Waals surface area contributed by atoms with E-state index in [0.717, 1.165) is 4.90 Å². The number of carboxylic acid groups (broad SMARTS) is 1. The van der Waals surface area contributed by atoms with Crippen molar-refractivity contribution in [1.82, 2.24) is 5.32 Å². The van der Waals surface area contributed by atoms with Crippen LogP contribution in [0.3, 0.4) is 0 Å². The lowest BCUT2D eigenvalue weighted by Gasteiger charge is -2.24. The second-order valence-corrected chi connectivity index (χ2v) is 9.16. The minimum Gasteiger partial charge on any atom is -0.481 e. The van der Waals surface area contributed by atoms with Crippen LogP contribution in [-0.2, 0) is 19.2 Å². The van der Waals surface area contributed by atoms with Crippen molar-refractivity contribution < 1.29 is 24.3 Å². The number of allylic oxidation sites excluding steroid dienone is 2. The third-order valence-electron chi connectivity index (χ3n) is 5.62. The summed E-state index contributed by atoms with van der Waals surface area (Å²) in [6.07, 6.45) is 4.34. The van der Waals surface area contributed by atoms with Crippen LogP contribution in [0.15, 0.2) is 76.7 Å². The SMILES string of the molecule is O=C(CSc1cccc(NC(=O)C2CC=CCC2C(=O)O)c1)NC1=NN(c2ccccc2)C(=O)C1. The lowest BCUT2D eigenvalue weighted by atomic mass is 9.82. The number of hydrogen-bond acceptors (Lipinski definition) is 6. The van der Waals surface area contributed by atoms with Crippen LogP contribution in [0.5, 0.6) is 0 Å². The maximum atomic E-state index is 12.7. The molecular weight excluding hydrogens is 468 g/mol. The van der Waals surface area contributed by atoms with Crippen LogP contribution in [0, 0.1) is 11.8 Å². The third-order valence-corrected chi connectivity index (χ3v) is 6.61. The first-order valence-electron chi connectivity index (χ1n) is 11.1. The van der Waals surface area contributed by atoms with Crippen LogP contribution in [0.25, 0.3) is 0 Å². The second-order valence-electron chi connectivity index (χ2n) is 8.11. The molecule has 2 aromatic carbocycles. The summed E-state index contributed by atoms with van der Waals surface area (Å²) in [5.74, 6) is -2.84. The zero-order valence-electron chi connectivity index (χ0n) is 18.7. The first-order chi connectivity index (χ1) is 16.9. The van der Waals surface area contributed by atoms with Crippen molar-refractivity contribution in [3.8, 4) is 0 Å². The van der Waals surface area contributed by atoms with E-state index in [-0.39, 0.29) is 29.9 Å². The highest BCUT2D eigenvalue weighted by Crippen LogP contribution is 2.28. The van der Waals surface area contributed by atoms with Crippen LogP contribution in [0.4, 0.5) is 11.4 Å². The number of carbonyl (C=O) groups is 4. The van der Waals surface area contributed by atoms with Gasteiger partial charge in [-0.25, -0.2) is 0 Å². The van der Waals surface area contributed by atoms with E-state index in [4.69, 9.17) is 0 Å². The topological polar surface area (TPSA) is 128 Å². The number of anilines is 2. The number of para-hydroxylation sites is 1. The number of hydrazone groups is 1. The fourth-order valence-electron chi connectivity index (χ4n) is 3.89. The molecule has 0 saturated heterocycles. The summed E-state index contributed by atoms with van der Waals surface area (Å²) in [7, 11) is 0. The minimum atomic E-state index is -0.981. The van der Waals surface area contributed by atoms with Gasteiger partial charge in [0.2, 0.25) is 11.8 Å². The number of nitrogens with one attached hydrogen (secondary N) is 2. The molecule has 0 saturated carbocycles. The molecule has 3 N–H and O–H groups in total. The van der Waals surface area contributed by atoms with Gasteiger partial charge in [-0.05, 0) is 43.2 Å². The smallest absolute Gasteiger partial charge is 0.307 e. The van der Waals surface area contributed by atoms with Gasteiger partial charge in [0, 0.05) is 10.6 Å². The lowest BCUT2D eigenvalue weighted by Crippen LogP contribution is -2.34. The third kappa shape index (κ3) is 6.15. The molecule has 0 bridgehead atoms. The highest BCUT2D eigenvalue weighted by molar-refractivity contribution is 8.00. The molecule has 10 heteroatoms. The Kier molecular flexibility index (Phi) is 7.61. The van der Waals surface area contributed by atoms with Crippen molar-refractivity contribution >= 4 is 52.7 Å². The van der Waals surface area contributed by atoms with Gasteiger partial charge in [-0.1, -0.05) is 36.4 Å². The number of thioether (sulfide) groups is 1. The number of nitrogens with zero attached hydrogens (tertiary/aromatic N) is 2. The molecule has 1 aliphatic carbocycles. The van der Waals surface area contributed by atoms with Gasteiger partial charge < -0.3 is 15.7 Å². The van der Waals surface area contributed by atoms with E-state index in [0.29, 0.717) is 30.1 Å². The highest BCUT2D eigenvalue weighted by atomic mass is 32.2. The number of rotatable bonds is 7. The maximum Gasteiger partial charge on any atom is 0.307 e. The van der Waals surface area contributed by atoms with Crippen molar-refractivity contribution in [2.75, 3.05) is 16.1 Å². The second kappa shape index (κ2) is 11.0. The van der Waals surface area contributed by atoms with Gasteiger partial charge in [0.15, 0.2) is 0 Å². The Morgan fingerprint density at radius 2 is 1.74 bits per heavy atom. The summed E-state index contributed by atoms with van der Waals surface area (Å²) in [6.45, 7) is 0. The quantitative estimate of drug-likeness (QED) is 0.402. The van der Waals surface area contributed by atoms with Crippen LogP contribution in [-0.4, -0.2) is 40.4 Å². The molecule has 0 fully saturated rings. The summed E-state index contributed by atoms with van der Waals surface area (Å²) in [4.78, 5) is 49.6. The molecule has 2 unspecified atom stereocenters. The molecule has 2 aromatic rings. The first-order valence-corrected chi connectivity index (χ1v) is 12.1. The number of amidine groups is 1. The zero-order chi connectivity index (χ0) is 24.8. The van der Waals surface area contributed by atoms with Crippen molar-refractivity contribution in [1.29, 1.82) is 0 Å². The van der Waals surface area contributed by atoms with E-state index in [2.05, 4.69) is 15.7 Å². The Labute approximate surface area is 206 Å². The van der Waals surface area contributed by atoms with Crippen LogP contribution < -0.4 is 15.6 Å². The average molecular weight is 493 g/mol. The van der Waals surface area contributed by atoms with Crippen molar-refractivity contribution in [3.63, 3.8) is 0 Å². The van der Waals surface area contributed by atoms with E-state index in [1.54, 1.807) is 48.5 Å². The van der Waals surface area contributed by atoms with E-state index in [1.165, 1.54) is 16.8 Å². The number of amides is 3. The number of benzene rings is 2. The Morgan fingerprint density at radius 3 is 2.49 bits per heavy atom. The van der Waals surface area contributed by atoms with E-state index in [9.17, 15) is 24.3 Å². The molecule has 2 atom stereocenters.